The fraction of sp³-hybridized carbons (Fsp3) is 0.714. The largest absolute Gasteiger partial charge is 0.382 e. The van der Waals surface area contributed by atoms with Crippen LogP contribution in [0.15, 0.2) is 0 Å². The molecule has 6 heteroatoms. The monoisotopic (exact) mass is 298 g/mol. The Morgan fingerprint density at radius 3 is 2.75 bits per heavy atom. The van der Waals surface area contributed by atoms with Crippen molar-refractivity contribution in [1.82, 2.24) is 19.3 Å². The Kier molecular flexibility index (Phi) is 5.43. The van der Waals surface area contributed by atoms with Crippen LogP contribution in [-0.4, -0.2) is 32.5 Å². The minimum atomic E-state index is 0.425. The number of aromatic nitrogens is 4. The van der Waals surface area contributed by atoms with E-state index in [1.54, 1.807) is 0 Å². The third kappa shape index (κ3) is 2.99. The fourth-order valence-electron chi connectivity index (χ4n) is 2.50. The van der Waals surface area contributed by atoms with E-state index in [0.717, 1.165) is 61.7 Å². The molecule has 0 atom stereocenters. The lowest BCUT2D eigenvalue weighted by atomic mass is 10.2. The van der Waals surface area contributed by atoms with Gasteiger partial charge in [-0.25, -0.2) is 4.98 Å². The normalized spacial score (nSPS) is 11.6. The van der Waals surface area contributed by atoms with Crippen LogP contribution in [0.25, 0.3) is 11.2 Å². The van der Waals surface area contributed by atoms with Crippen LogP contribution in [0.3, 0.4) is 0 Å². The summed E-state index contributed by atoms with van der Waals surface area (Å²) in [5.41, 5.74) is 3.14. The number of aryl methyl sites for hydroxylation is 3. The van der Waals surface area contributed by atoms with Crippen LogP contribution < -0.4 is 0 Å². The van der Waals surface area contributed by atoms with E-state index in [1.807, 2.05) is 18.7 Å². The van der Waals surface area contributed by atoms with Gasteiger partial charge in [-0.15, -0.1) is 11.6 Å². The molecule has 2 aromatic heterocycles. The summed E-state index contributed by atoms with van der Waals surface area (Å²) in [5, 5.41) is 4.58. The van der Waals surface area contributed by atoms with Crippen LogP contribution in [0.4, 0.5) is 0 Å². The summed E-state index contributed by atoms with van der Waals surface area (Å²) in [5.74, 6) is 1.35. The van der Waals surface area contributed by atoms with Crippen molar-refractivity contribution in [2.45, 2.75) is 45.5 Å². The Morgan fingerprint density at radius 2 is 2.10 bits per heavy atom. The lowest BCUT2D eigenvalue weighted by molar-refractivity contribution is 0.141. The molecule has 0 spiro atoms. The minimum Gasteiger partial charge on any atom is -0.382 e. The second-order valence-electron chi connectivity index (χ2n) is 4.86. The van der Waals surface area contributed by atoms with Gasteiger partial charge in [0, 0.05) is 26.8 Å². The molecular formula is C14H23ClN4O. The highest BCUT2D eigenvalue weighted by molar-refractivity contribution is 6.16. The van der Waals surface area contributed by atoms with Gasteiger partial charge in [0.1, 0.15) is 11.3 Å². The third-order valence-electron chi connectivity index (χ3n) is 3.35. The first-order chi connectivity index (χ1) is 9.72. The first-order valence-electron chi connectivity index (χ1n) is 7.27. The quantitative estimate of drug-likeness (QED) is 0.556. The van der Waals surface area contributed by atoms with Gasteiger partial charge in [0.15, 0.2) is 5.65 Å². The Hall–Kier alpha value is -1.07. The number of halogens is 1. The van der Waals surface area contributed by atoms with Gasteiger partial charge in [-0.2, -0.15) is 5.10 Å². The second-order valence-corrected chi connectivity index (χ2v) is 5.12. The zero-order chi connectivity index (χ0) is 14.5. The van der Waals surface area contributed by atoms with Crippen molar-refractivity contribution >= 4 is 22.8 Å². The SMILES string of the molecule is CCCc1nn(C)c2c1nc(CCl)n2CCCOCC. The van der Waals surface area contributed by atoms with Gasteiger partial charge >= 0.3 is 0 Å². The number of rotatable bonds is 8. The average Bonchev–Trinajstić information content (AvgIpc) is 2.94. The first-order valence-corrected chi connectivity index (χ1v) is 7.81. The van der Waals surface area contributed by atoms with Gasteiger partial charge in [-0.3, -0.25) is 4.68 Å². The van der Waals surface area contributed by atoms with E-state index >= 15 is 0 Å². The number of alkyl halides is 1. The summed E-state index contributed by atoms with van der Waals surface area (Å²) in [6.45, 7) is 6.55. The molecule has 0 N–H and O–H groups in total. The maximum absolute atomic E-state index is 6.04. The maximum Gasteiger partial charge on any atom is 0.158 e. The molecule has 112 valence electrons. The van der Waals surface area contributed by atoms with E-state index in [4.69, 9.17) is 16.3 Å². The summed E-state index contributed by atoms with van der Waals surface area (Å²) >= 11 is 6.04. The van der Waals surface area contributed by atoms with Crippen LogP contribution in [-0.2, 0) is 30.6 Å². The molecule has 5 nitrogen and oxygen atoms in total. The van der Waals surface area contributed by atoms with Gasteiger partial charge in [-0.05, 0) is 19.8 Å². The molecule has 2 heterocycles. The number of nitrogens with zero attached hydrogens (tertiary/aromatic N) is 4. The number of hydrogen-bond acceptors (Lipinski definition) is 3. The summed E-state index contributed by atoms with van der Waals surface area (Å²) in [6, 6.07) is 0. The Balaban J connectivity index is 2.30. The highest BCUT2D eigenvalue weighted by Crippen LogP contribution is 2.22. The van der Waals surface area contributed by atoms with Gasteiger partial charge in [-0.1, -0.05) is 13.3 Å². The molecule has 0 bridgehead atoms. The summed E-state index contributed by atoms with van der Waals surface area (Å²) in [4.78, 5) is 4.68. The van der Waals surface area contributed by atoms with Crippen LogP contribution in [0.2, 0.25) is 0 Å². The van der Waals surface area contributed by atoms with E-state index in [9.17, 15) is 0 Å². The first kappa shape index (κ1) is 15.3. The zero-order valence-corrected chi connectivity index (χ0v) is 13.3. The summed E-state index contributed by atoms with van der Waals surface area (Å²) in [6.07, 6.45) is 2.98. The number of imidazole rings is 1. The van der Waals surface area contributed by atoms with E-state index in [-0.39, 0.29) is 0 Å². The number of fused-ring (bicyclic) bond motifs is 1. The molecule has 20 heavy (non-hydrogen) atoms. The highest BCUT2D eigenvalue weighted by atomic mass is 35.5. The Morgan fingerprint density at radius 1 is 1.30 bits per heavy atom. The van der Waals surface area contributed by atoms with Crippen LogP contribution in [0.5, 0.6) is 0 Å². The van der Waals surface area contributed by atoms with Crippen molar-refractivity contribution in [3.05, 3.63) is 11.5 Å². The molecule has 0 aliphatic carbocycles. The summed E-state index contributed by atoms with van der Waals surface area (Å²) < 4.78 is 9.50. The van der Waals surface area contributed by atoms with Gasteiger partial charge in [0.2, 0.25) is 0 Å². The average molecular weight is 299 g/mol. The zero-order valence-electron chi connectivity index (χ0n) is 12.5. The van der Waals surface area contributed by atoms with Crippen molar-refractivity contribution < 1.29 is 4.74 Å². The van der Waals surface area contributed by atoms with Crippen molar-refractivity contribution in [3.8, 4) is 0 Å². The molecule has 0 saturated heterocycles. The Bertz CT molecular complexity index is 561. The van der Waals surface area contributed by atoms with Crippen LogP contribution >= 0.6 is 11.6 Å². The van der Waals surface area contributed by atoms with Crippen molar-refractivity contribution in [2.24, 2.45) is 7.05 Å². The predicted octanol–water partition coefficient (Wildman–Crippen LogP) is 2.89. The summed E-state index contributed by atoms with van der Waals surface area (Å²) in [7, 11) is 1.97. The molecule has 0 saturated carbocycles. The van der Waals surface area contributed by atoms with E-state index in [1.165, 1.54) is 0 Å². The van der Waals surface area contributed by atoms with Crippen molar-refractivity contribution in [1.29, 1.82) is 0 Å². The fourth-order valence-corrected chi connectivity index (χ4v) is 2.70. The van der Waals surface area contributed by atoms with Crippen molar-refractivity contribution in [3.63, 3.8) is 0 Å². The molecule has 0 aliphatic heterocycles. The number of ether oxygens (including phenoxy) is 1. The standard InChI is InChI=1S/C14H23ClN4O/c1-4-7-11-13-14(18(3)17-11)19(12(10-15)16-13)8-6-9-20-5-2/h4-10H2,1-3H3. The lowest BCUT2D eigenvalue weighted by Crippen LogP contribution is -2.08. The molecule has 2 aromatic rings. The second kappa shape index (κ2) is 7.09. The lowest BCUT2D eigenvalue weighted by Gasteiger charge is -2.08. The maximum atomic E-state index is 6.04. The van der Waals surface area contributed by atoms with E-state index < -0.39 is 0 Å². The molecular weight excluding hydrogens is 276 g/mol. The van der Waals surface area contributed by atoms with Crippen molar-refractivity contribution in [2.75, 3.05) is 13.2 Å². The molecule has 0 fully saturated rings. The predicted molar refractivity (Wildman–Crippen MR) is 81.2 cm³/mol. The van der Waals surface area contributed by atoms with E-state index in [0.29, 0.717) is 5.88 Å². The third-order valence-corrected chi connectivity index (χ3v) is 3.59. The molecule has 0 radical (unpaired) electrons. The van der Waals surface area contributed by atoms with Crippen LogP contribution in [0, 0.1) is 0 Å². The molecule has 2 rings (SSSR count). The van der Waals surface area contributed by atoms with Gasteiger partial charge in [0.05, 0.1) is 11.6 Å². The highest BCUT2D eigenvalue weighted by Gasteiger charge is 2.18. The molecule has 0 amide bonds. The van der Waals surface area contributed by atoms with Crippen LogP contribution in [0.1, 0.15) is 38.2 Å². The minimum absolute atomic E-state index is 0.425. The molecule has 0 aromatic carbocycles. The molecule has 0 unspecified atom stereocenters. The smallest absolute Gasteiger partial charge is 0.158 e. The number of hydrogen-bond donors (Lipinski definition) is 0. The molecule has 0 aliphatic rings. The Labute approximate surface area is 124 Å². The topological polar surface area (TPSA) is 44.9 Å². The van der Waals surface area contributed by atoms with Gasteiger partial charge in [0.25, 0.3) is 0 Å². The van der Waals surface area contributed by atoms with Gasteiger partial charge < -0.3 is 9.30 Å². The van der Waals surface area contributed by atoms with E-state index in [2.05, 4.69) is 21.6 Å².